The maximum atomic E-state index is 12.8. The van der Waals surface area contributed by atoms with Gasteiger partial charge in [0, 0.05) is 11.5 Å². The van der Waals surface area contributed by atoms with Gasteiger partial charge in [0.1, 0.15) is 0 Å². The van der Waals surface area contributed by atoms with Crippen LogP contribution in [0.3, 0.4) is 0 Å². The van der Waals surface area contributed by atoms with E-state index in [0.717, 1.165) is 25.7 Å². The number of unbranched alkanes of at least 4 members (excludes halogenated alkanes) is 3. The fourth-order valence-corrected chi connectivity index (χ4v) is 5.28. The van der Waals surface area contributed by atoms with Crippen LogP contribution in [0.25, 0.3) is 0 Å². The Balaban J connectivity index is 2.08. The van der Waals surface area contributed by atoms with E-state index in [-0.39, 0.29) is 42.4 Å². The molecule has 6 atom stereocenters. The molecule has 0 amide bonds. The number of allylic oxidation sites excluding steroid dienone is 1. The van der Waals surface area contributed by atoms with Gasteiger partial charge in [-0.2, -0.15) is 0 Å². The van der Waals surface area contributed by atoms with Gasteiger partial charge in [-0.25, -0.2) is 19.2 Å². The van der Waals surface area contributed by atoms with E-state index in [1.165, 1.54) is 0 Å². The van der Waals surface area contributed by atoms with E-state index in [4.69, 9.17) is 9.47 Å². The Hall–Kier alpha value is -2.66. The van der Waals surface area contributed by atoms with E-state index in [9.17, 15) is 39.6 Å². The molecule has 0 spiro atoms. The Morgan fingerprint density at radius 1 is 0.838 bits per heavy atom. The number of carbonyl (C=O) groups is 4. The molecule has 0 saturated heterocycles. The number of esters is 4. The van der Waals surface area contributed by atoms with Crippen molar-refractivity contribution < 1.29 is 49.1 Å². The molecule has 2 heterocycles. The zero-order valence-corrected chi connectivity index (χ0v) is 21.2. The summed E-state index contributed by atoms with van der Waals surface area (Å²) in [4.78, 5) is 50.7. The summed E-state index contributed by atoms with van der Waals surface area (Å²) in [5, 5.41) is 44.0. The van der Waals surface area contributed by atoms with Gasteiger partial charge in [-0.05, 0) is 38.0 Å². The van der Waals surface area contributed by atoms with Crippen LogP contribution >= 0.6 is 0 Å². The third-order valence-corrected chi connectivity index (χ3v) is 7.28. The van der Waals surface area contributed by atoms with Crippen LogP contribution < -0.4 is 0 Å². The first-order chi connectivity index (χ1) is 17.6. The molecule has 0 fully saturated rings. The Kier molecular flexibility index (Phi) is 9.94. The third kappa shape index (κ3) is 6.26. The number of aliphatic hydroxyl groups excluding tert-OH is 4. The van der Waals surface area contributed by atoms with Crippen molar-refractivity contribution in [1.82, 2.24) is 0 Å². The monoisotopic (exact) mass is 520 g/mol. The molecule has 3 aliphatic rings. The number of aliphatic hydroxyl groups is 4. The zero-order valence-electron chi connectivity index (χ0n) is 21.2. The van der Waals surface area contributed by atoms with Crippen molar-refractivity contribution in [2.45, 2.75) is 96.1 Å². The van der Waals surface area contributed by atoms with Crippen molar-refractivity contribution in [2.24, 2.45) is 11.8 Å². The molecule has 0 saturated carbocycles. The average Bonchev–Trinajstić information content (AvgIpc) is 3.30. The highest BCUT2D eigenvalue weighted by molar-refractivity contribution is 6.15. The molecule has 0 bridgehead atoms. The number of ether oxygens (including phenoxy) is 2. The Labute approximate surface area is 215 Å². The first kappa shape index (κ1) is 28.9. The highest BCUT2D eigenvalue weighted by Gasteiger charge is 2.51. The van der Waals surface area contributed by atoms with Crippen LogP contribution in [0.2, 0.25) is 0 Å². The number of carbonyl (C=O) groups excluding carboxylic acids is 4. The molecular formula is C27H36O10. The summed E-state index contributed by atoms with van der Waals surface area (Å²) in [5.74, 6) is -6.58. The van der Waals surface area contributed by atoms with Crippen LogP contribution in [0.5, 0.6) is 0 Å². The van der Waals surface area contributed by atoms with Crippen LogP contribution in [-0.2, 0) is 28.7 Å². The molecule has 0 aromatic rings. The standard InChI is InChI=1S/C27H36O10/c1-3-5-7-9-10-17(28)21-19-15(24(32)36-26(19)34)12-14(22(30)18(29)11-8-6-4-2)13-16-20(23(21)31)27(35)37-25(16)33/h6,8,14,17-18,21-23,28-31H,3-5,7,9-13H2,1-2H3/b8-6+. The van der Waals surface area contributed by atoms with Gasteiger partial charge in [-0.3, -0.25) is 0 Å². The molecule has 10 nitrogen and oxygen atoms in total. The number of rotatable bonds is 11. The van der Waals surface area contributed by atoms with Gasteiger partial charge in [-0.15, -0.1) is 0 Å². The zero-order chi connectivity index (χ0) is 27.3. The highest BCUT2D eigenvalue weighted by Crippen LogP contribution is 2.42. The van der Waals surface area contributed by atoms with E-state index in [0.29, 0.717) is 6.42 Å². The predicted octanol–water partition coefficient (Wildman–Crippen LogP) is 1.54. The summed E-state index contributed by atoms with van der Waals surface area (Å²) in [6.45, 7) is 3.93. The van der Waals surface area contributed by atoms with Crippen LogP contribution in [0.1, 0.15) is 71.6 Å². The second-order valence-corrected chi connectivity index (χ2v) is 9.87. The maximum Gasteiger partial charge on any atom is 0.345 e. The lowest BCUT2D eigenvalue weighted by Crippen LogP contribution is -2.38. The fourth-order valence-electron chi connectivity index (χ4n) is 5.28. The molecule has 1 aliphatic carbocycles. The van der Waals surface area contributed by atoms with Gasteiger partial charge >= 0.3 is 23.9 Å². The Morgan fingerprint density at radius 2 is 1.43 bits per heavy atom. The highest BCUT2D eigenvalue weighted by atomic mass is 16.6. The predicted molar refractivity (Wildman–Crippen MR) is 129 cm³/mol. The van der Waals surface area contributed by atoms with Gasteiger partial charge in [0.2, 0.25) is 0 Å². The largest absolute Gasteiger partial charge is 0.392 e. The summed E-state index contributed by atoms with van der Waals surface area (Å²) in [5.41, 5.74) is -1.05. The van der Waals surface area contributed by atoms with Gasteiger partial charge in [-0.1, -0.05) is 51.7 Å². The number of hydrogen-bond acceptors (Lipinski definition) is 10. The Morgan fingerprint density at radius 3 is 2.03 bits per heavy atom. The smallest absolute Gasteiger partial charge is 0.345 e. The SMILES string of the molecule is CC/C=C/CC(O)C(O)C1CC2=C(C(=O)OC2=O)C(O)C(C(O)CCCCCC)C2=C(C1)C(=O)OC2=O. The molecular weight excluding hydrogens is 484 g/mol. The Bertz CT molecular complexity index is 1010. The molecule has 4 N–H and O–H groups in total. The van der Waals surface area contributed by atoms with Gasteiger partial charge in [0.15, 0.2) is 0 Å². The van der Waals surface area contributed by atoms with Gasteiger partial charge < -0.3 is 29.9 Å². The molecule has 0 aromatic carbocycles. The van der Waals surface area contributed by atoms with Crippen LogP contribution in [0.4, 0.5) is 0 Å². The van der Waals surface area contributed by atoms with Crippen molar-refractivity contribution >= 4 is 23.9 Å². The normalized spacial score (nSPS) is 26.9. The van der Waals surface area contributed by atoms with E-state index in [1.54, 1.807) is 6.08 Å². The van der Waals surface area contributed by atoms with Crippen LogP contribution in [0.15, 0.2) is 34.4 Å². The topological polar surface area (TPSA) is 168 Å². The van der Waals surface area contributed by atoms with Crippen LogP contribution in [0, 0.1) is 11.8 Å². The first-order valence-electron chi connectivity index (χ1n) is 13.0. The van der Waals surface area contributed by atoms with E-state index >= 15 is 0 Å². The first-order valence-corrected chi connectivity index (χ1v) is 13.0. The molecule has 0 aromatic heterocycles. The van der Waals surface area contributed by atoms with Gasteiger partial charge in [0.05, 0.1) is 41.1 Å². The summed E-state index contributed by atoms with van der Waals surface area (Å²) in [6, 6.07) is 0. The second-order valence-electron chi connectivity index (χ2n) is 9.87. The summed E-state index contributed by atoms with van der Waals surface area (Å²) in [7, 11) is 0. The summed E-state index contributed by atoms with van der Waals surface area (Å²) < 4.78 is 9.58. The quantitative estimate of drug-likeness (QED) is 0.136. The van der Waals surface area contributed by atoms with Crippen molar-refractivity contribution in [1.29, 1.82) is 0 Å². The molecule has 204 valence electrons. The lowest BCUT2D eigenvalue weighted by atomic mass is 9.80. The minimum absolute atomic E-state index is 0.0950. The van der Waals surface area contributed by atoms with Crippen molar-refractivity contribution in [3.63, 3.8) is 0 Å². The fraction of sp³-hybridized carbons (Fsp3) is 0.630. The molecule has 37 heavy (non-hydrogen) atoms. The molecule has 0 radical (unpaired) electrons. The van der Waals surface area contributed by atoms with Crippen molar-refractivity contribution in [2.75, 3.05) is 0 Å². The number of cyclic esters (lactones) is 4. The number of hydrogen-bond donors (Lipinski definition) is 4. The summed E-state index contributed by atoms with van der Waals surface area (Å²) in [6.07, 6.45) is 1.24. The average molecular weight is 521 g/mol. The molecule has 6 unspecified atom stereocenters. The minimum atomic E-state index is -1.83. The lowest BCUT2D eigenvalue weighted by molar-refractivity contribution is -0.154. The maximum absolute atomic E-state index is 12.8. The van der Waals surface area contributed by atoms with Crippen molar-refractivity contribution in [3.05, 3.63) is 34.4 Å². The molecule has 10 heteroatoms. The van der Waals surface area contributed by atoms with E-state index in [2.05, 4.69) is 0 Å². The van der Waals surface area contributed by atoms with Gasteiger partial charge in [0.25, 0.3) is 0 Å². The third-order valence-electron chi connectivity index (χ3n) is 7.28. The van der Waals surface area contributed by atoms with Crippen molar-refractivity contribution in [3.8, 4) is 0 Å². The molecule has 2 aliphatic heterocycles. The van der Waals surface area contributed by atoms with Crippen LogP contribution in [-0.4, -0.2) is 68.7 Å². The second kappa shape index (κ2) is 12.7. The minimum Gasteiger partial charge on any atom is -0.392 e. The van der Waals surface area contributed by atoms with E-state index < -0.39 is 65.7 Å². The summed E-state index contributed by atoms with van der Waals surface area (Å²) >= 11 is 0. The molecule has 3 rings (SSSR count). The lowest BCUT2D eigenvalue weighted by Gasteiger charge is -2.28. The van der Waals surface area contributed by atoms with E-state index in [1.807, 2.05) is 19.9 Å².